The fraction of sp³-hybridized carbons (Fsp3) is 0.500. The Morgan fingerprint density at radius 2 is 1.92 bits per heavy atom. The van der Waals surface area contributed by atoms with Crippen molar-refractivity contribution in [3.8, 4) is 5.75 Å². The first-order chi connectivity index (χ1) is 12.6. The third-order valence-electron chi connectivity index (χ3n) is 4.31. The highest BCUT2D eigenvalue weighted by atomic mass is 32.1. The fourth-order valence-electron chi connectivity index (χ4n) is 2.78. The molecule has 0 aliphatic carbocycles. The second kappa shape index (κ2) is 10.2. The largest absolute Gasteiger partial charge is 0.496 e. The van der Waals surface area contributed by atoms with Crippen LogP contribution in [0.1, 0.15) is 33.6 Å². The quantitative estimate of drug-likeness (QED) is 0.550. The van der Waals surface area contributed by atoms with Crippen LogP contribution in [0.4, 0.5) is 0 Å². The average molecular weight is 375 g/mol. The summed E-state index contributed by atoms with van der Waals surface area (Å²) in [7, 11) is 3.51. The molecule has 2 aromatic rings. The number of thiazole rings is 1. The smallest absolute Gasteiger partial charge is 0.191 e. The van der Waals surface area contributed by atoms with Crippen LogP contribution in [0.3, 0.4) is 0 Å². The van der Waals surface area contributed by atoms with Crippen molar-refractivity contribution in [2.24, 2.45) is 4.99 Å². The summed E-state index contributed by atoms with van der Waals surface area (Å²) in [5.74, 6) is 1.77. The first-order valence-corrected chi connectivity index (χ1v) is 9.92. The van der Waals surface area contributed by atoms with Crippen LogP contribution in [0.15, 0.2) is 23.2 Å². The van der Waals surface area contributed by atoms with Gasteiger partial charge in [0.05, 0.1) is 17.8 Å². The fourth-order valence-corrected chi connectivity index (χ4v) is 3.80. The Labute approximate surface area is 160 Å². The molecule has 5 nitrogen and oxygen atoms in total. The first kappa shape index (κ1) is 20.2. The van der Waals surface area contributed by atoms with Crippen molar-refractivity contribution in [3.63, 3.8) is 0 Å². The second-order valence-electron chi connectivity index (χ2n) is 6.19. The molecule has 0 aliphatic heterocycles. The lowest BCUT2D eigenvalue weighted by molar-refractivity contribution is 0.411. The van der Waals surface area contributed by atoms with Crippen LogP contribution in [0.2, 0.25) is 0 Å². The van der Waals surface area contributed by atoms with E-state index in [1.165, 1.54) is 21.1 Å². The van der Waals surface area contributed by atoms with Crippen LogP contribution in [0.5, 0.6) is 5.75 Å². The van der Waals surface area contributed by atoms with Gasteiger partial charge >= 0.3 is 0 Å². The Morgan fingerprint density at radius 3 is 2.54 bits per heavy atom. The lowest BCUT2D eigenvalue weighted by atomic mass is 10.1. The summed E-state index contributed by atoms with van der Waals surface area (Å²) in [5.41, 5.74) is 3.63. The number of methoxy groups -OCH3 is 1. The Morgan fingerprint density at radius 1 is 1.19 bits per heavy atom. The molecule has 1 aromatic heterocycles. The molecule has 2 N–H and O–H groups in total. The lowest BCUT2D eigenvalue weighted by Crippen LogP contribution is -2.39. The molecule has 2 rings (SSSR count). The molecule has 0 saturated carbocycles. The number of hydrogen-bond acceptors (Lipinski definition) is 4. The number of ether oxygens (including phenoxy) is 1. The van der Waals surface area contributed by atoms with E-state index in [1.54, 1.807) is 25.5 Å². The van der Waals surface area contributed by atoms with Gasteiger partial charge in [-0.25, -0.2) is 4.98 Å². The lowest BCUT2D eigenvalue weighted by Gasteiger charge is -2.12. The minimum Gasteiger partial charge on any atom is -0.496 e. The SMILES string of the molecule is CCc1nc(CCNC(=NC)NCCc2ccc(C)c(OC)c2)sc1C. The third-order valence-corrected chi connectivity index (χ3v) is 5.38. The molecule has 1 heterocycles. The van der Waals surface area contributed by atoms with Crippen LogP contribution in [0, 0.1) is 13.8 Å². The zero-order valence-corrected chi connectivity index (χ0v) is 17.3. The van der Waals surface area contributed by atoms with E-state index in [2.05, 4.69) is 59.6 Å². The van der Waals surface area contributed by atoms with E-state index in [9.17, 15) is 0 Å². The number of guanidine groups is 1. The number of aromatic nitrogens is 1. The molecule has 0 amide bonds. The number of aliphatic imine (C=N–C) groups is 1. The molecule has 0 radical (unpaired) electrons. The highest BCUT2D eigenvalue weighted by Gasteiger charge is 2.06. The Balaban J connectivity index is 1.75. The van der Waals surface area contributed by atoms with Crippen LogP contribution in [-0.4, -0.2) is 38.2 Å². The van der Waals surface area contributed by atoms with Gasteiger partial charge in [-0.1, -0.05) is 19.1 Å². The zero-order chi connectivity index (χ0) is 18.9. The molecule has 0 bridgehead atoms. The maximum absolute atomic E-state index is 5.39. The predicted octanol–water partition coefficient (Wildman–Crippen LogP) is 3.28. The van der Waals surface area contributed by atoms with Gasteiger partial charge < -0.3 is 15.4 Å². The highest BCUT2D eigenvalue weighted by Crippen LogP contribution is 2.19. The van der Waals surface area contributed by atoms with Crippen molar-refractivity contribution in [1.29, 1.82) is 0 Å². The van der Waals surface area contributed by atoms with E-state index in [0.29, 0.717) is 0 Å². The molecule has 142 valence electrons. The summed E-state index contributed by atoms with van der Waals surface area (Å²) in [6.45, 7) is 8.00. The number of rotatable bonds is 8. The molecule has 1 aromatic carbocycles. The van der Waals surface area contributed by atoms with Crippen molar-refractivity contribution < 1.29 is 4.74 Å². The standard InChI is InChI=1S/C20H30N4OS/c1-6-17-15(3)26-19(24-17)10-12-23-20(21-4)22-11-9-16-8-7-14(2)18(13-16)25-5/h7-8,13H,6,9-12H2,1-5H3,(H2,21,22,23). The Hall–Kier alpha value is -2.08. The molecule has 0 fully saturated rings. The number of nitrogens with zero attached hydrogens (tertiary/aromatic N) is 2. The van der Waals surface area contributed by atoms with E-state index < -0.39 is 0 Å². The maximum atomic E-state index is 5.39. The van der Waals surface area contributed by atoms with Gasteiger partial charge in [-0.05, 0) is 43.9 Å². The summed E-state index contributed by atoms with van der Waals surface area (Å²) >= 11 is 1.79. The molecule has 0 atom stereocenters. The molecule has 6 heteroatoms. The molecule has 0 unspecified atom stereocenters. The first-order valence-electron chi connectivity index (χ1n) is 9.10. The van der Waals surface area contributed by atoms with Gasteiger partial charge in [0.25, 0.3) is 0 Å². The van der Waals surface area contributed by atoms with Gasteiger partial charge in [0.2, 0.25) is 0 Å². The minimum absolute atomic E-state index is 0.822. The highest BCUT2D eigenvalue weighted by molar-refractivity contribution is 7.11. The monoisotopic (exact) mass is 374 g/mol. The Bertz CT molecular complexity index is 739. The number of benzene rings is 1. The van der Waals surface area contributed by atoms with E-state index in [0.717, 1.165) is 49.6 Å². The van der Waals surface area contributed by atoms with Crippen molar-refractivity contribution in [1.82, 2.24) is 15.6 Å². The van der Waals surface area contributed by atoms with E-state index in [1.807, 2.05) is 0 Å². The summed E-state index contributed by atoms with van der Waals surface area (Å²) in [4.78, 5) is 10.3. The van der Waals surface area contributed by atoms with Crippen LogP contribution >= 0.6 is 11.3 Å². The van der Waals surface area contributed by atoms with Crippen LogP contribution < -0.4 is 15.4 Å². The molecule has 26 heavy (non-hydrogen) atoms. The average Bonchev–Trinajstić information content (AvgIpc) is 3.01. The van der Waals surface area contributed by atoms with Crippen molar-refractivity contribution >= 4 is 17.3 Å². The van der Waals surface area contributed by atoms with E-state index in [4.69, 9.17) is 4.74 Å². The van der Waals surface area contributed by atoms with Crippen molar-refractivity contribution in [2.75, 3.05) is 27.2 Å². The van der Waals surface area contributed by atoms with Gasteiger partial charge in [0.15, 0.2) is 5.96 Å². The molecule has 0 spiro atoms. The van der Waals surface area contributed by atoms with Gasteiger partial charge in [-0.3, -0.25) is 4.99 Å². The second-order valence-corrected chi connectivity index (χ2v) is 7.48. The van der Waals surface area contributed by atoms with Gasteiger partial charge in [0, 0.05) is 31.4 Å². The summed E-state index contributed by atoms with van der Waals surface area (Å²) in [5, 5.41) is 7.92. The summed E-state index contributed by atoms with van der Waals surface area (Å²) < 4.78 is 5.39. The summed E-state index contributed by atoms with van der Waals surface area (Å²) in [6, 6.07) is 6.34. The van der Waals surface area contributed by atoms with E-state index in [-0.39, 0.29) is 0 Å². The molecular weight excluding hydrogens is 344 g/mol. The summed E-state index contributed by atoms with van der Waals surface area (Å²) in [6.07, 6.45) is 2.84. The zero-order valence-electron chi connectivity index (χ0n) is 16.5. The van der Waals surface area contributed by atoms with Gasteiger partial charge in [-0.2, -0.15) is 0 Å². The minimum atomic E-state index is 0.822. The normalized spacial score (nSPS) is 11.5. The maximum Gasteiger partial charge on any atom is 0.191 e. The molecular formula is C20H30N4OS. The number of nitrogens with one attached hydrogen (secondary N) is 2. The Kier molecular flexibility index (Phi) is 7.91. The van der Waals surface area contributed by atoms with Crippen molar-refractivity contribution in [3.05, 3.63) is 44.9 Å². The topological polar surface area (TPSA) is 58.5 Å². The van der Waals surface area contributed by atoms with Crippen LogP contribution in [0.25, 0.3) is 0 Å². The predicted molar refractivity (Wildman–Crippen MR) is 111 cm³/mol. The van der Waals surface area contributed by atoms with Gasteiger partial charge in [-0.15, -0.1) is 11.3 Å². The third kappa shape index (κ3) is 5.73. The molecule has 0 aliphatic rings. The molecule has 0 saturated heterocycles. The van der Waals surface area contributed by atoms with Gasteiger partial charge in [0.1, 0.15) is 5.75 Å². The van der Waals surface area contributed by atoms with E-state index >= 15 is 0 Å². The number of hydrogen-bond donors (Lipinski definition) is 2. The van der Waals surface area contributed by atoms with Crippen molar-refractivity contribution in [2.45, 2.75) is 40.0 Å². The van der Waals surface area contributed by atoms with Crippen LogP contribution in [-0.2, 0) is 19.3 Å². The number of aryl methyl sites for hydroxylation is 3.